The van der Waals surface area contributed by atoms with Crippen LogP contribution in [0.1, 0.15) is 31.4 Å². The molecule has 0 spiro atoms. The van der Waals surface area contributed by atoms with Crippen molar-refractivity contribution in [1.29, 1.82) is 5.26 Å². The highest BCUT2D eigenvalue weighted by molar-refractivity contribution is 7.89. The molecule has 0 bridgehead atoms. The Labute approximate surface area is 120 Å². The SMILES string of the molecule is Cc1cc(C#N)ccc1S(=O)(=O)NC(CN)CC(C)C. The second kappa shape index (κ2) is 6.84. The van der Waals surface area contributed by atoms with Crippen LogP contribution in [0, 0.1) is 24.2 Å². The summed E-state index contributed by atoms with van der Waals surface area (Å²) in [6.07, 6.45) is 0.686. The minimum absolute atomic E-state index is 0.193. The fraction of sp³-hybridized carbons (Fsp3) is 0.500. The van der Waals surface area contributed by atoms with E-state index >= 15 is 0 Å². The van der Waals surface area contributed by atoms with Crippen LogP contribution < -0.4 is 10.5 Å². The lowest BCUT2D eigenvalue weighted by Crippen LogP contribution is -2.41. The van der Waals surface area contributed by atoms with Crippen molar-refractivity contribution in [2.75, 3.05) is 6.54 Å². The number of aryl methyl sites for hydroxylation is 1. The lowest BCUT2D eigenvalue weighted by Gasteiger charge is -2.19. The first kappa shape index (κ1) is 16.6. The monoisotopic (exact) mass is 295 g/mol. The van der Waals surface area contributed by atoms with Gasteiger partial charge in [-0.3, -0.25) is 0 Å². The summed E-state index contributed by atoms with van der Waals surface area (Å²) in [5, 5.41) is 8.81. The maximum atomic E-state index is 12.4. The molecule has 0 aliphatic carbocycles. The Morgan fingerprint density at radius 1 is 1.40 bits per heavy atom. The molecule has 5 nitrogen and oxygen atoms in total. The van der Waals surface area contributed by atoms with E-state index < -0.39 is 10.0 Å². The molecule has 1 atom stereocenters. The highest BCUT2D eigenvalue weighted by atomic mass is 32.2. The zero-order valence-corrected chi connectivity index (χ0v) is 12.9. The number of nitrogens with two attached hydrogens (primary N) is 1. The van der Waals surface area contributed by atoms with Crippen LogP contribution >= 0.6 is 0 Å². The van der Waals surface area contributed by atoms with Crippen LogP contribution in [0.3, 0.4) is 0 Å². The predicted molar refractivity (Wildman–Crippen MR) is 78.5 cm³/mol. The highest BCUT2D eigenvalue weighted by Crippen LogP contribution is 2.17. The third kappa shape index (κ3) is 4.30. The fourth-order valence-corrected chi connectivity index (χ4v) is 3.55. The number of benzene rings is 1. The molecule has 1 rings (SSSR count). The van der Waals surface area contributed by atoms with Gasteiger partial charge in [-0.25, -0.2) is 13.1 Å². The molecule has 1 aromatic carbocycles. The Balaban J connectivity index is 3.02. The summed E-state index contributed by atoms with van der Waals surface area (Å²) in [6.45, 7) is 5.97. The molecule has 0 aliphatic heterocycles. The molecule has 0 radical (unpaired) electrons. The van der Waals surface area contributed by atoms with Crippen LogP contribution in [0.4, 0.5) is 0 Å². The Kier molecular flexibility index (Phi) is 5.69. The van der Waals surface area contributed by atoms with Crippen molar-refractivity contribution >= 4 is 10.0 Å². The quantitative estimate of drug-likeness (QED) is 0.831. The van der Waals surface area contributed by atoms with Crippen molar-refractivity contribution in [3.05, 3.63) is 29.3 Å². The van der Waals surface area contributed by atoms with Crippen LogP contribution in [-0.2, 0) is 10.0 Å². The molecule has 0 amide bonds. The van der Waals surface area contributed by atoms with E-state index in [9.17, 15) is 8.42 Å². The smallest absolute Gasteiger partial charge is 0.241 e. The van der Waals surface area contributed by atoms with E-state index in [1.54, 1.807) is 13.0 Å². The number of nitriles is 1. The van der Waals surface area contributed by atoms with Gasteiger partial charge in [0.15, 0.2) is 0 Å². The molecule has 110 valence electrons. The molecular weight excluding hydrogens is 274 g/mol. The van der Waals surface area contributed by atoms with Crippen LogP contribution in [0.5, 0.6) is 0 Å². The molecule has 3 N–H and O–H groups in total. The molecule has 1 aromatic rings. The van der Waals surface area contributed by atoms with Gasteiger partial charge in [0, 0.05) is 12.6 Å². The summed E-state index contributed by atoms with van der Waals surface area (Å²) in [7, 11) is -3.61. The van der Waals surface area contributed by atoms with Gasteiger partial charge in [-0.05, 0) is 43.0 Å². The average molecular weight is 295 g/mol. The topological polar surface area (TPSA) is 96.0 Å². The fourth-order valence-electron chi connectivity index (χ4n) is 2.06. The Morgan fingerprint density at radius 2 is 2.05 bits per heavy atom. The van der Waals surface area contributed by atoms with Crippen LogP contribution in [0.2, 0.25) is 0 Å². The second-order valence-corrected chi connectivity index (χ2v) is 6.96. The molecule has 0 fully saturated rings. The third-order valence-electron chi connectivity index (χ3n) is 2.96. The van der Waals surface area contributed by atoms with Gasteiger partial charge in [0.25, 0.3) is 0 Å². The zero-order chi connectivity index (χ0) is 15.3. The Bertz CT molecular complexity index is 603. The summed E-state index contributed by atoms with van der Waals surface area (Å²) in [6, 6.07) is 6.23. The zero-order valence-electron chi connectivity index (χ0n) is 12.1. The molecule has 0 aliphatic rings. The van der Waals surface area contributed by atoms with E-state index in [4.69, 9.17) is 11.0 Å². The first-order valence-corrected chi connectivity index (χ1v) is 8.01. The van der Waals surface area contributed by atoms with Gasteiger partial charge >= 0.3 is 0 Å². The van der Waals surface area contributed by atoms with Crippen molar-refractivity contribution in [2.24, 2.45) is 11.7 Å². The number of nitrogens with one attached hydrogen (secondary N) is 1. The van der Waals surface area contributed by atoms with Gasteiger partial charge < -0.3 is 5.73 Å². The van der Waals surface area contributed by atoms with Gasteiger partial charge in [-0.2, -0.15) is 5.26 Å². The third-order valence-corrected chi connectivity index (χ3v) is 4.64. The van der Waals surface area contributed by atoms with E-state index in [-0.39, 0.29) is 17.5 Å². The normalized spacial score (nSPS) is 13.2. The number of hydrogen-bond donors (Lipinski definition) is 2. The van der Waals surface area contributed by atoms with E-state index in [0.717, 1.165) is 0 Å². The number of rotatable bonds is 6. The molecule has 0 saturated heterocycles. The van der Waals surface area contributed by atoms with Crippen molar-refractivity contribution in [2.45, 2.75) is 38.1 Å². The van der Waals surface area contributed by atoms with E-state index in [0.29, 0.717) is 23.5 Å². The van der Waals surface area contributed by atoms with E-state index in [1.165, 1.54) is 12.1 Å². The average Bonchev–Trinajstić information content (AvgIpc) is 2.36. The van der Waals surface area contributed by atoms with Gasteiger partial charge in [-0.1, -0.05) is 13.8 Å². The Hall–Kier alpha value is -1.42. The highest BCUT2D eigenvalue weighted by Gasteiger charge is 2.21. The van der Waals surface area contributed by atoms with Gasteiger partial charge in [-0.15, -0.1) is 0 Å². The summed E-state index contributed by atoms with van der Waals surface area (Å²) in [5.74, 6) is 0.355. The standard InChI is InChI=1S/C14H21N3O2S/c1-10(2)6-13(9-16)17-20(18,19)14-5-4-12(8-15)7-11(14)3/h4-5,7,10,13,17H,6,9,16H2,1-3H3. The van der Waals surface area contributed by atoms with Crippen molar-refractivity contribution in [3.8, 4) is 6.07 Å². The summed E-state index contributed by atoms with van der Waals surface area (Å²) < 4.78 is 27.3. The van der Waals surface area contributed by atoms with Crippen LogP contribution in [0.15, 0.2) is 23.1 Å². The Morgan fingerprint density at radius 3 is 2.50 bits per heavy atom. The molecule has 0 aromatic heterocycles. The van der Waals surface area contributed by atoms with Crippen molar-refractivity contribution in [3.63, 3.8) is 0 Å². The summed E-state index contributed by atoms with van der Waals surface area (Å²) in [4.78, 5) is 0.193. The van der Waals surface area contributed by atoms with Crippen LogP contribution in [0.25, 0.3) is 0 Å². The van der Waals surface area contributed by atoms with Crippen molar-refractivity contribution < 1.29 is 8.42 Å². The van der Waals surface area contributed by atoms with E-state index in [1.807, 2.05) is 19.9 Å². The molecule has 0 saturated carbocycles. The lowest BCUT2D eigenvalue weighted by molar-refractivity contribution is 0.465. The van der Waals surface area contributed by atoms with E-state index in [2.05, 4.69) is 4.72 Å². The maximum absolute atomic E-state index is 12.4. The molecule has 1 unspecified atom stereocenters. The largest absolute Gasteiger partial charge is 0.329 e. The van der Waals surface area contributed by atoms with Gasteiger partial charge in [0.2, 0.25) is 10.0 Å². The second-order valence-electron chi connectivity index (χ2n) is 5.28. The minimum atomic E-state index is -3.61. The summed E-state index contributed by atoms with van der Waals surface area (Å²) in [5.41, 5.74) is 6.62. The van der Waals surface area contributed by atoms with Gasteiger partial charge in [0.1, 0.15) is 0 Å². The number of nitrogens with zero attached hydrogens (tertiary/aromatic N) is 1. The molecule has 6 heteroatoms. The summed E-state index contributed by atoms with van der Waals surface area (Å²) >= 11 is 0. The lowest BCUT2D eigenvalue weighted by atomic mass is 10.1. The molecular formula is C14H21N3O2S. The first-order valence-electron chi connectivity index (χ1n) is 6.53. The van der Waals surface area contributed by atoms with Crippen LogP contribution in [-0.4, -0.2) is 21.0 Å². The number of hydrogen-bond acceptors (Lipinski definition) is 4. The van der Waals surface area contributed by atoms with Crippen molar-refractivity contribution in [1.82, 2.24) is 4.72 Å². The molecule has 0 heterocycles. The maximum Gasteiger partial charge on any atom is 0.241 e. The van der Waals surface area contributed by atoms with Gasteiger partial charge in [0.05, 0.1) is 16.5 Å². The molecule has 20 heavy (non-hydrogen) atoms. The minimum Gasteiger partial charge on any atom is -0.329 e. The number of sulfonamides is 1. The first-order chi connectivity index (χ1) is 9.30. The predicted octanol–water partition coefficient (Wildman–Crippen LogP) is 1.52.